The Hall–Kier alpha value is -4.25. The predicted molar refractivity (Wildman–Crippen MR) is 142 cm³/mol. The summed E-state index contributed by atoms with van der Waals surface area (Å²) >= 11 is 0. The van der Waals surface area contributed by atoms with Gasteiger partial charge in [-0.2, -0.15) is 0 Å². The standard InChI is InChI=1S/C26H24N4O4.C2H4O2/c1-12-20(13-6-2-4-8-15(13)28-12)22-23(26(33)30-25(22)32)21-14-7-3-5-9-16(14)29-24(21)18-10-17(31)19(11-27)34-18;1-2(3)4/h2-9,17-19,28-29,31H,10-11,27H2,1H3,(H,30,32,33);1H3,(H,3,4)/t17-,18-,19-;/m1./s1. The lowest BCUT2D eigenvalue weighted by molar-refractivity contribution is -0.134. The van der Waals surface area contributed by atoms with Gasteiger partial charge in [0, 0.05) is 58.5 Å². The van der Waals surface area contributed by atoms with Crippen LogP contribution in [0.25, 0.3) is 33.0 Å². The van der Waals surface area contributed by atoms with Crippen molar-refractivity contribution in [3.05, 3.63) is 71.0 Å². The normalized spacial score (nSPS) is 21.2. The number of benzene rings is 2. The molecule has 2 aromatic carbocycles. The average molecular weight is 517 g/mol. The third-order valence-electron chi connectivity index (χ3n) is 6.84. The van der Waals surface area contributed by atoms with Crippen LogP contribution in [0.1, 0.15) is 42.0 Å². The second-order valence-corrected chi connectivity index (χ2v) is 9.38. The smallest absolute Gasteiger partial charge is 0.300 e. The van der Waals surface area contributed by atoms with E-state index in [1.165, 1.54) is 0 Å². The number of rotatable bonds is 4. The minimum atomic E-state index is -0.833. The summed E-state index contributed by atoms with van der Waals surface area (Å²) in [6.07, 6.45) is -1.36. The first-order valence-electron chi connectivity index (χ1n) is 12.2. The van der Waals surface area contributed by atoms with Gasteiger partial charge in [0.05, 0.1) is 29.0 Å². The number of aromatic nitrogens is 2. The number of nitrogens with one attached hydrogen (secondary N) is 3. The number of H-pyrrole nitrogens is 2. The summed E-state index contributed by atoms with van der Waals surface area (Å²) in [6, 6.07) is 15.3. The van der Waals surface area contributed by atoms with Crippen molar-refractivity contribution in [2.75, 3.05) is 6.54 Å². The van der Waals surface area contributed by atoms with Gasteiger partial charge >= 0.3 is 0 Å². The molecule has 0 unspecified atom stereocenters. The van der Waals surface area contributed by atoms with E-state index in [9.17, 15) is 14.7 Å². The summed E-state index contributed by atoms with van der Waals surface area (Å²) in [6.45, 7) is 3.17. The van der Waals surface area contributed by atoms with Crippen LogP contribution >= 0.6 is 0 Å². The van der Waals surface area contributed by atoms with Crippen LogP contribution in [0.15, 0.2) is 48.5 Å². The Balaban J connectivity index is 0.000000689. The molecule has 2 aliphatic rings. The van der Waals surface area contributed by atoms with E-state index >= 15 is 0 Å². The van der Waals surface area contributed by atoms with Gasteiger partial charge < -0.3 is 30.7 Å². The Morgan fingerprint density at radius 2 is 1.50 bits per heavy atom. The van der Waals surface area contributed by atoms with Crippen molar-refractivity contribution in [2.45, 2.75) is 38.6 Å². The summed E-state index contributed by atoms with van der Waals surface area (Å²) in [5, 5.41) is 22.0. The highest BCUT2D eigenvalue weighted by atomic mass is 16.5. The van der Waals surface area contributed by atoms with Gasteiger partial charge in [-0.15, -0.1) is 0 Å². The largest absolute Gasteiger partial charge is 0.481 e. The van der Waals surface area contributed by atoms with Crippen LogP contribution < -0.4 is 11.1 Å². The van der Waals surface area contributed by atoms with E-state index in [0.717, 1.165) is 34.4 Å². The van der Waals surface area contributed by atoms with Gasteiger partial charge in [-0.05, 0) is 19.1 Å². The second kappa shape index (κ2) is 9.90. The Bertz CT molecular complexity index is 1610. The number of amides is 2. The Morgan fingerprint density at radius 1 is 0.974 bits per heavy atom. The van der Waals surface area contributed by atoms with E-state index in [4.69, 9.17) is 20.4 Å². The Labute approximate surface area is 217 Å². The number of nitrogens with two attached hydrogens (primary N) is 1. The fourth-order valence-corrected chi connectivity index (χ4v) is 5.33. The highest BCUT2D eigenvalue weighted by Gasteiger charge is 2.41. The number of aliphatic hydroxyl groups excluding tert-OH is 1. The monoisotopic (exact) mass is 516 g/mol. The van der Waals surface area contributed by atoms with Gasteiger partial charge in [0.25, 0.3) is 17.8 Å². The number of carbonyl (C=O) groups excluding carboxylic acids is 2. The fraction of sp³-hybridized carbons (Fsp3) is 0.250. The molecule has 10 nitrogen and oxygen atoms in total. The van der Waals surface area contributed by atoms with E-state index in [2.05, 4.69) is 15.3 Å². The number of aromatic amines is 2. The Kier molecular flexibility index (Phi) is 6.62. The number of hydrogen-bond donors (Lipinski definition) is 6. The third-order valence-corrected chi connectivity index (χ3v) is 6.84. The van der Waals surface area contributed by atoms with E-state index in [0.29, 0.717) is 34.4 Å². The molecule has 10 heteroatoms. The van der Waals surface area contributed by atoms with Gasteiger partial charge in [-0.25, -0.2) is 0 Å². The fourth-order valence-electron chi connectivity index (χ4n) is 5.33. The molecule has 0 saturated carbocycles. The number of aliphatic hydroxyl groups is 1. The third kappa shape index (κ3) is 4.28. The second-order valence-electron chi connectivity index (χ2n) is 9.38. The average Bonchev–Trinajstić information content (AvgIpc) is 3.59. The predicted octanol–water partition coefficient (Wildman–Crippen LogP) is 2.77. The van der Waals surface area contributed by atoms with E-state index in [-0.39, 0.29) is 6.54 Å². The van der Waals surface area contributed by atoms with E-state index < -0.39 is 36.1 Å². The molecule has 6 rings (SSSR count). The minimum absolute atomic E-state index is 0.189. The van der Waals surface area contributed by atoms with Crippen LogP contribution in [0.5, 0.6) is 0 Å². The molecule has 2 amide bonds. The molecule has 1 fully saturated rings. The number of aryl methyl sites for hydroxylation is 1. The van der Waals surface area contributed by atoms with Crippen molar-refractivity contribution in [1.82, 2.24) is 15.3 Å². The first kappa shape index (κ1) is 25.4. The molecule has 2 aromatic heterocycles. The zero-order valence-electron chi connectivity index (χ0n) is 20.9. The van der Waals surface area contributed by atoms with Gasteiger partial charge in [-0.1, -0.05) is 36.4 Å². The highest BCUT2D eigenvalue weighted by Crippen LogP contribution is 2.44. The molecule has 7 N–H and O–H groups in total. The molecule has 4 aromatic rings. The van der Waals surface area contributed by atoms with Crippen LogP contribution in [0.4, 0.5) is 0 Å². The van der Waals surface area contributed by atoms with Gasteiger partial charge in [-0.3, -0.25) is 19.7 Å². The maximum absolute atomic E-state index is 13.3. The van der Waals surface area contributed by atoms with Gasteiger partial charge in [0.15, 0.2) is 0 Å². The molecule has 0 bridgehead atoms. The first-order valence-corrected chi connectivity index (χ1v) is 12.2. The Morgan fingerprint density at radius 3 is 2.08 bits per heavy atom. The highest BCUT2D eigenvalue weighted by molar-refractivity contribution is 6.51. The van der Waals surface area contributed by atoms with Gasteiger partial charge in [0.2, 0.25) is 0 Å². The molecule has 1 saturated heterocycles. The van der Waals surface area contributed by atoms with Crippen molar-refractivity contribution in [1.29, 1.82) is 0 Å². The molecule has 0 aliphatic carbocycles. The van der Waals surface area contributed by atoms with Gasteiger partial charge in [0.1, 0.15) is 6.10 Å². The SMILES string of the molecule is CC(=O)O.Cc1[nH]c2ccccc2c1C1=C(c2c([C@H]3C[C@@H](O)[C@@H](CN)O3)[nH]c3ccccc23)C(=O)NC1=O. The quantitative estimate of drug-likeness (QED) is 0.226. The van der Waals surface area contributed by atoms with Crippen LogP contribution in [-0.4, -0.2) is 56.7 Å². The van der Waals surface area contributed by atoms with Crippen LogP contribution in [0.2, 0.25) is 0 Å². The number of carboxylic acids is 1. The van der Waals surface area contributed by atoms with Crippen LogP contribution in [-0.2, 0) is 19.1 Å². The maximum atomic E-state index is 13.3. The number of carboxylic acid groups (broad SMARTS) is 1. The molecule has 2 aliphatic heterocycles. The number of imide groups is 1. The number of ether oxygens (including phenoxy) is 1. The summed E-state index contributed by atoms with van der Waals surface area (Å²) in [7, 11) is 0. The van der Waals surface area contributed by atoms with Crippen molar-refractivity contribution in [3.8, 4) is 0 Å². The minimum Gasteiger partial charge on any atom is -0.481 e. The van der Waals surface area contributed by atoms with Crippen LogP contribution in [0, 0.1) is 6.92 Å². The molecule has 3 atom stereocenters. The van der Waals surface area contributed by atoms with Crippen molar-refractivity contribution >= 4 is 50.7 Å². The van der Waals surface area contributed by atoms with Crippen LogP contribution in [0.3, 0.4) is 0 Å². The van der Waals surface area contributed by atoms with Crippen molar-refractivity contribution in [3.63, 3.8) is 0 Å². The van der Waals surface area contributed by atoms with Crippen molar-refractivity contribution < 1.29 is 29.3 Å². The topological polar surface area (TPSA) is 171 Å². The molecular weight excluding hydrogens is 488 g/mol. The zero-order valence-corrected chi connectivity index (χ0v) is 20.9. The summed E-state index contributed by atoms with van der Waals surface area (Å²) in [4.78, 5) is 42.2. The number of hydrogen-bond acceptors (Lipinski definition) is 6. The zero-order chi connectivity index (χ0) is 27.1. The summed E-state index contributed by atoms with van der Waals surface area (Å²) in [5.41, 5.74) is 10.9. The first-order chi connectivity index (χ1) is 18.2. The number of aliphatic carboxylic acids is 1. The van der Waals surface area contributed by atoms with E-state index in [1.54, 1.807) is 0 Å². The molecular formula is C28H28N4O6. The lowest BCUT2D eigenvalue weighted by atomic mass is 9.91. The lowest BCUT2D eigenvalue weighted by Gasteiger charge is -2.14. The summed E-state index contributed by atoms with van der Waals surface area (Å²) < 4.78 is 6.07. The number of carbonyl (C=O) groups is 3. The molecule has 38 heavy (non-hydrogen) atoms. The lowest BCUT2D eigenvalue weighted by Crippen LogP contribution is -2.29. The number of para-hydroxylation sites is 2. The molecule has 4 heterocycles. The van der Waals surface area contributed by atoms with Crippen molar-refractivity contribution in [2.24, 2.45) is 5.73 Å². The molecule has 196 valence electrons. The number of fused-ring (bicyclic) bond motifs is 2. The summed E-state index contributed by atoms with van der Waals surface area (Å²) in [5.74, 6) is -1.72. The maximum Gasteiger partial charge on any atom is 0.300 e. The van der Waals surface area contributed by atoms with E-state index in [1.807, 2.05) is 55.5 Å². The molecule has 0 radical (unpaired) electrons. The molecule has 0 spiro atoms.